The van der Waals surface area contributed by atoms with Gasteiger partial charge in [-0.15, -0.1) is 0 Å². The molecule has 104 valence electrons. The summed E-state index contributed by atoms with van der Waals surface area (Å²) in [6.07, 6.45) is 2.83. The fourth-order valence-electron chi connectivity index (χ4n) is 2.22. The van der Waals surface area contributed by atoms with Crippen LogP contribution in [0, 0.1) is 6.92 Å². The smallest absolute Gasteiger partial charge is 0.0837 e. The highest BCUT2D eigenvalue weighted by Gasteiger charge is 2.23. The fourth-order valence-corrected chi connectivity index (χ4v) is 3.35. The lowest BCUT2D eigenvalue weighted by atomic mass is 10.0. The third kappa shape index (κ3) is 3.02. The zero-order valence-corrected chi connectivity index (χ0v) is 13.2. The molecule has 2 aromatic rings. The number of halogens is 1. The van der Waals surface area contributed by atoms with Crippen molar-refractivity contribution < 1.29 is 0 Å². The molecule has 1 unspecified atom stereocenters. The zero-order valence-electron chi connectivity index (χ0n) is 11.6. The summed E-state index contributed by atoms with van der Waals surface area (Å²) in [4.78, 5) is 0. The van der Waals surface area contributed by atoms with E-state index in [2.05, 4.69) is 41.9 Å². The fraction of sp³-hybridized carbons (Fsp3) is 0.500. The molecule has 3 nitrogen and oxygen atoms in total. The number of nitrogens with zero attached hydrogens (tertiary/aromatic N) is 2. The number of hydrogen-bond acceptors (Lipinski definition) is 3. The molecule has 0 aliphatic heterocycles. The quantitative estimate of drug-likeness (QED) is 0.873. The summed E-state index contributed by atoms with van der Waals surface area (Å²) in [5, 5.41) is 13.1. The molecule has 19 heavy (non-hydrogen) atoms. The van der Waals surface area contributed by atoms with E-state index in [9.17, 15) is 0 Å². The van der Waals surface area contributed by atoms with E-state index in [-0.39, 0.29) is 6.04 Å². The molecule has 0 radical (unpaired) electrons. The molecule has 0 amide bonds. The number of hydrogen-bond donors (Lipinski definition) is 1. The number of aryl methyl sites for hydroxylation is 2. The molecule has 0 bridgehead atoms. The molecule has 2 rings (SSSR count). The van der Waals surface area contributed by atoms with Gasteiger partial charge in [-0.2, -0.15) is 16.4 Å². The molecule has 0 aromatic carbocycles. The molecule has 0 saturated heterocycles. The van der Waals surface area contributed by atoms with E-state index >= 15 is 0 Å². The van der Waals surface area contributed by atoms with Gasteiger partial charge >= 0.3 is 0 Å². The van der Waals surface area contributed by atoms with Gasteiger partial charge in [0.2, 0.25) is 0 Å². The van der Waals surface area contributed by atoms with Crippen molar-refractivity contribution in [1.29, 1.82) is 0 Å². The summed E-state index contributed by atoms with van der Waals surface area (Å²) >= 11 is 8.08. The Bertz CT molecular complexity index is 533. The lowest BCUT2D eigenvalue weighted by Gasteiger charge is -2.20. The molecule has 0 fully saturated rings. The maximum Gasteiger partial charge on any atom is 0.0837 e. The zero-order chi connectivity index (χ0) is 13.8. The summed E-state index contributed by atoms with van der Waals surface area (Å²) < 4.78 is 1.98. The minimum absolute atomic E-state index is 0.126. The summed E-state index contributed by atoms with van der Waals surface area (Å²) in [6, 6.07) is 0.126. The lowest BCUT2D eigenvalue weighted by Crippen LogP contribution is -2.26. The number of rotatable bonds is 6. The predicted molar refractivity (Wildman–Crippen MR) is 82.1 cm³/mol. The van der Waals surface area contributed by atoms with Crippen LogP contribution in [0.15, 0.2) is 17.0 Å². The molecule has 0 spiro atoms. The summed E-state index contributed by atoms with van der Waals surface area (Å²) in [6.45, 7) is 8.20. The average Bonchev–Trinajstić information content (AvgIpc) is 2.98. The minimum Gasteiger partial charge on any atom is -0.305 e. The van der Waals surface area contributed by atoms with Crippen LogP contribution in [0.25, 0.3) is 0 Å². The Kier molecular flexibility index (Phi) is 5.02. The summed E-state index contributed by atoms with van der Waals surface area (Å²) in [5.41, 5.74) is 3.67. The van der Waals surface area contributed by atoms with Gasteiger partial charge in [-0.25, -0.2) is 0 Å². The predicted octanol–water partition coefficient (Wildman–Crippen LogP) is 4.02. The molecular weight excluding hydrogens is 278 g/mol. The summed E-state index contributed by atoms with van der Waals surface area (Å²) in [7, 11) is 0. The highest BCUT2D eigenvalue weighted by molar-refractivity contribution is 7.08. The second-order valence-electron chi connectivity index (χ2n) is 4.59. The second kappa shape index (κ2) is 6.55. The first kappa shape index (κ1) is 14.6. The maximum atomic E-state index is 6.35. The Morgan fingerprint density at radius 3 is 2.79 bits per heavy atom. The van der Waals surface area contributed by atoms with Gasteiger partial charge in [0.05, 0.1) is 23.0 Å². The van der Waals surface area contributed by atoms with E-state index in [0.717, 1.165) is 30.2 Å². The van der Waals surface area contributed by atoms with Crippen LogP contribution in [0.3, 0.4) is 0 Å². The molecular formula is C14H20ClN3S. The first-order valence-electron chi connectivity index (χ1n) is 6.66. The summed E-state index contributed by atoms with van der Waals surface area (Å²) in [5.74, 6) is 0. The van der Waals surface area contributed by atoms with E-state index < -0.39 is 0 Å². The van der Waals surface area contributed by atoms with E-state index in [1.54, 1.807) is 17.5 Å². The third-order valence-corrected chi connectivity index (χ3v) is 4.38. The average molecular weight is 298 g/mol. The van der Waals surface area contributed by atoms with Gasteiger partial charge in [-0.3, -0.25) is 4.68 Å². The topological polar surface area (TPSA) is 29.9 Å². The molecule has 0 aliphatic carbocycles. The van der Waals surface area contributed by atoms with Gasteiger partial charge in [0.1, 0.15) is 0 Å². The standard InChI is InChI=1S/C14H20ClN3S/c1-4-6-16-13(11-9-19-8-10(11)3)14-12(15)7-17-18(14)5-2/h7-9,13,16H,4-6H2,1-3H3. The SMILES string of the molecule is CCCNC(c1cscc1C)c1c(Cl)cnn1CC. The van der Waals surface area contributed by atoms with Crippen molar-refractivity contribution in [3.63, 3.8) is 0 Å². The van der Waals surface area contributed by atoms with Crippen molar-refractivity contribution in [2.24, 2.45) is 0 Å². The Balaban J connectivity index is 2.42. The van der Waals surface area contributed by atoms with Crippen molar-refractivity contribution in [1.82, 2.24) is 15.1 Å². The molecule has 0 saturated carbocycles. The monoisotopic (exact) mass is 297 g/mol. The van der Waals surface area contributed by atoms with Gasteiger partial charge in [0.15, 0.2) is 0 Å². The first-order valence-corrected chi connectivity index (χ1v) is 7.98. The van der Waals surface area contributed by atoms with Crippen LogP contribution in [0.1, 0.15) is 43.1 Å². The van der Waals surface area contributed by atoms with E-state index in [4.69, 9.17) is 11.6 Å². The number of aromatic nitrogens is 2. The maximum absolute atomic E-state index is 6.35. The van der Waals surface area contributed by atoms with Crippen molar-refractivity contribution in [2.45, 2.75) is 39.8 Å². The van der Waals surface area contributed by atoms with Gasteiger partial charge in [-0.1, -0.05) is 18.5 Å². The van der Waals surface area contributed by atoms with E-state index in [1.165, 1.54) is 11.1 Å². The minimum atomic E-state index is 0.126. The van der Waals surface area contributed by atoms with E-state index in [0.29, 0.717) is 0 Å². The molecule has 1 atom stereocenters. The lowest BCUT2D eigenvalue weighted by molar-refractivity contribution is 0.529. The van der Waals surface area contributed by atoms with Crippen LogP contribution >= 0.6 is 22.9 Å². The Hall–Kier alpha value is -0.840. The number of thiophene rings is 1. The highest BCUT2D eigenvalue weighted by atomic mass is 35.5. The third-order valence-electron chi connectivity index (χ3n) is 3.21. The first-order chi connectivity index (χ1) is 9.19. The Morgan fingerprint density at radius 2 is 2.21 bits per heavy atom. The molecule has 2 aromatic heterocycles. The van der Waals surface area contributed by atoms with Gasteiger partial charge in [0, 0.05) is 6.54 Å². The molecule has 1 N–H and O–H groups in total. The van der Waals surface area contributed by atoms with Gasteiger partial charge < -0.3 is 5.32 Å². The van der Waals surface area contributed by atoms with Gasteiger partial charge in [0.25, 0.3) is 0 Å². The van der Waals surface area contributed by atoms with Crippen LogP contribution in [-0.2, 0) is 6.54 Å². The van der Waals surface area contributed by atoms with Crippen LogP contribution in [0.5, 0.6) is 0 Å². The molecule has 5 heteroatoms. The van der Waals surface area contributed by atoms with Crippen molar-refractivity contribution in [2.75, 3.05) is 6.54 Å². The number of nitrogens with one attached hydrogen (secondary N) is 1. The van der Waals surface area contributed by atoms with Gasteiger partial charge in [-0.05, 0) is 48.7 Å². The normalized spacial score (nSPS) is 12.8. The Morgan fingerprint density at radius 1 is 1.42 bits per heavy atom. The van der Waals surface area contributed by atoms with Crippen LogP contribution in [0.4, 0.5) is 0 Å². The van der Waals surface area contributed by atoms with Crippen LogP contribution < -0.4 is 5.32 Å². The second-order valence-corrected chi connectivity index (χ2v) is 5.74. The Labute approximate surface area is 123 Å². The largest absolute Gasteiger partial charge is 0.305 e. The molecule has 2 heterocycles. The molecule has 0 aliphatic rings. The van der Waals surface area contributed by atoms with Crippen molar-refractivity contribution in [3.8, 4) is 0 Å². The highest BCUT2D eigenvalue weighted by Crippen LogP contribution is 2.31. The van der Waals surface area contributed by atoms with Crippen LogP contribution in [-0.4, -0.2) is 16.3 Å². The van der Waals surface area contributed by atoms with E-state index in [1.807, 2.05) is 4.68 Å². The van der Waals surface area contributed by atoms with Crippen molar-refractivity contribution in [3.05, 3.63) is 38.8 Å². The van der Waals surface area contributed by atoms with Crippen molar-refractivity contribution >= 4 is 22.9 Å². The van der Waals surface area contributed by atoms with Crippen LogP contribution in [0.2, 0.25) is 5.02 Å².